The van der Waals surface area contributed by atoms with Gasteiger partial charge in [0.2, 0.25) is 0 Å². The molecule has 0 amide bonds. The van der Waals surface area contributed by atoms with Crippen LogP contribution in [0.2, 0.25) is 0 Å². The second-order valence-electron chi connectivity index (χ2n) is 5.49. The number of unbranched alkanes of at least 4 members (excludes halogenated alkanes) is 8. The number of rotatable bonds is 13. The van der Waals surface area contributed by atoms with E-state index in [1.165, 1.54) is 38.5 Å². The third kappa shape index (κ3) is 21.8. The van der Waals surface area contributed by atoms with Crippen molar-refractivity contribution in [1.82, 2.24) is 0 Å². The van der Waals surface area contributed by atoms with E-state index in [-0.39, 0.29) is 0 Å². The fraction of sp³-hybridized carbons (Fsp3) is 0.938. The lowest BCUT2D eigenvalue weighted by molar-refractivity contribution is -0.138. The first-order valence-corrected chi connectivity index (χ1v) is 8.48. The SMILES string of the molecule is CCCCCCCCC(N)C(=O)O.NCCCCCCN. The van der Waals surface area contributed by atoms with Gasteiger partial charge in [0.25, 0.3) is 0 Å². The van der Waals surface area contributed by atoms with Gasteiger partial charge in [-0.1, -0.05) is 58.3 Å². The Kier molecular flexibility index (Phi) is 20.9. The van der Waals surface area contributed by atoms with Gasteiger partial charge in [0.05, 0.1) is 0 Å². The van der Waals surface area contributed by atoms with Gasteiger partial charge in [-0.05, 0) is 32.4 Å². The van der Waals surface area contributed by atoms with Gasteiger partial charge in [0.1, 0.15) is 6.04 Å². The fourth-order valence-corrected chi connectivity index (χ4v) is 1.91. The van der Waals surface area contributed by atoms with E-state index in [9.17, 15) is 4.79 Å². The molecule has 1 atom stereocenters. The summed E-state index contributed by atoms with van der Waals surface area (Å²) in [7, 11) is 0. The Balaban J connectivity index is 0. The average molecular weight is 303 g/mol. The van der Waals surface area contributed by atoms with E-state index in [1.807, 2.05) is 0 Å². The van der Waals surface area contributed by atoms with Crippen molar-refractivity contribution < 1.29 is 9.90 Å². The quantitative estimate of drug-likeness (QED) is 0.390. The van der Waals surface area contributed by atoms with Crippen LogP contribution >= 0.6 is 0 Å². The van der Waals surface area contributed by atoms with Crippen LogP contribution in [0.1, 0.15) is 77.6 Å². The second kappa shape index (κ2) is 19.4. The molecule has 0 radical (unpaired) electrons. The predicted octanol–water partition coefficient (Wildman–Crippen LogP) is 2.61. The highest BCUT2D eigenvalue weighted by Crippen LogP contribution is 2.07. The third-order valence-corrected chi connectivity index (χ3v) is 3.34. The Bertz CT molecular complexity index is 208. The monoisotopic (exact) mass is 303 g/mol. The molecule has 0 spiro atoms. The molecule has 0 aromatic rings. The van der Waals surface area contributed by atoms with Gasteiger partial charge in [0.15, 0.2) is 0 Å². The molecular weight excluding hydrogens is 266 g/mol. The van der Waals surface area contributed by atoms with Gasteiger partial charge in [-0.25, -0.2) is 0 Å². The largest absolute Gasteiger partial charge is 0.480 e. The molecule has 0 fully saturated rings. The molecule has 0 aromatic heterocycles. The van der Waals surface area contributed by atoms with Crippen LogP contribution < -0.4 is 17.2 Å². The lowest BCUT2D eigenvalue weighted by atomic mass is 10.1. The summed E-state index contributed by atoms with van der Waals surface area (Å²) in [5, 5.41) is 8.50. The van der Waals surface area contributed by atoms with Crippen LogP contribution in [0.4, 0.5) is 0 Å². The number of carboxylic acid groups (broad SMARTS) is 1. The molecule has 0 aromatic carbocycles. The number of nitrogens with two attached hydrogens (primary N) is 3. The Labute approximate surface area is 130 Å². The van der Waals surface area contributed by atoms with E-state index in [0.717, 1.165) is 38.8 Å². The maximum Gasteiger partial charge on any atom is 0.320 e. The molecule has 0 saturated carbocycles. The van der Waals surface area contributed by atoms with Crippen LogP contribution in [0.3, 0.4) is 0 Å². The molecule has 5 nitrogen and oxygen atoms in total. The minimum absolute atomic E-state index is 0.613. The van der Waals surface area contributed by atoms with E-state index < -0.39 is 12.0 Å². The molecule has 0 saturated heterocycles. The van der Waals surface area contributed by atoms with Crippen molar-refractivity contribution in [3.05, 3.63) is 0 Å². The van der Waals surface area contributed by atoms with Crippen molar-refractivity contribution in [2.45, 2.75) is 83.6 Å². The zero-order chi connectivity index (χ0) is 16.3. The zero-order valence-electron chi connectivity index (χ0n) is 13.9. The molecule has 0 heterocycles. The minimum Gasteiger partial charge on any atom is -0.480 e. The van der Waals surface area contributed by atoms with Crippen LogP contribution in [-0.4, -0.2) is 30.2 Å². The van der Waals surface area contributed by atoms with E-state index >= 15 is 0 Å². The van der Waals surface area contributed by atoms with Gasteiger partial charge in [-0.3, -0.25) is 4.79 Å². The topological polar surface area (TPSA) is 115 Å². The highest BCUT2D eigenvalue weighted by molar-refractivity contribution is 5.72. The number of hydrogen-bond acceptors (Lipinski definition) is 4. The first kappa shape index (κ1) is 22.6. The van der Waals surface area contributed by atoms with Crippen molar-refractivity contribution in [2.75, 3.05) is 13.1 Å². The summed E-state index contributed by atoms with van der Waals surface area (Å²) in [5.41, 5.74) is 15.9. The smallest absolute Gasteiger partial charge is 0.320 e. The van der Waals surface area contributed by atoms with E-state index in [4.69, 9.17) is 22.3 Å². The summed E-state index contributed by atoms with van der Waals surface area (Å²) in [6.45, 7) is 3.83. The lowest BCUT2D eigenvalue weighted by Gasteiger charge is -2.05. The number of hydrogen-bond donors (Lipinski definition) is 4. The van der Waals surface area contributed by atoms with Gasteiger partial charge in [0, 0.05) is 0 Å². The van der Waals surface area contributed by atoms with E-state index in [0.29, 0.717) is 6.42 Å². The maximum atomic E-state index is 10.3. The third-order valence-electron chi connectivity index (χ3n) is 3.34. The first-order chi connectivity index (χ1) is 10.1. The minimum atomic E-state index is -0.881. The molecular formula is C16H37N3O2. The molecule has 128 valence electrons. The molecule has 0 aliphatic rings. The number of carbonyl (C=O) groups is 1. The normalized spacial score (nSPS) is 11.6. The molecule has 0 aliphatic carbocycles. The summed E-state index contributed by atoms with van der Waals surface area (Å²) in [4.78, 5) is 10.3. The summed E-state index contributed by atoms with van der Waals surface area (Å²) < 4.78 is 0. The second-order valence-corrected chi connectivity index (χ2v) is 5.49. The highest BCUT2D eigenvalue weighted by atomic mass is 16.4. The van der Waals surface area contributed by atoms with Crippen LogP contribution in [0.5, 0.6) is 0 Å². The van der Waals surface area contributed by atoms with E-state index in [2.05, 4.69) is 6.92 Å². The van der Waals surface area contributed by atoms with Crippen LogP contribution in [0.25, 0.3) is 0 Å². The van der Waals surface area contributed by atoms with Crippen LogP contribution in [0.15, 0.2) is 0 Å². The van der Waals surface area contributed by atoms with Gasteiger partial charge < -0.3 is 22.3 Å². The summed E-state index contributed by atoms with van der Waals surface area (Å²) in [6, 6.07) is -0.661. The molecule has 5 heteroatoms. The van der Waals surface area contributed by atoms with Crippen molar-refractivity contribution >= 4 is 5.97 Å². The highest BCUT2D eigenvalue weighted by Gasteiger charge is 2.09. The Morgan fingerprint density at radius 3 is 1.71 bits per heavy atom. The van der Waals surface area contributed by atoms with Crippen molar-refractivity contribution in [2.24, 2.45) is 17.2 Å². The van der Waals surface area contributed by atoms with Crippen molar-refractivity contribution in [1.29, 1.82) is 0 Å². The Morgan fingerprint density at radius 1 is 0.857 bits per heavy atom. The standard InChI is InChI=1S/C10H21NO2.C6H16N2/c1-2-3-4-5-6-7-8-9(11)10(12)13;7-5-3-1-2-4-6-8/h9H,2-8,11H2,1H3,(H,12,13);1-8H2. The average Bonchev–Trinajstić information content (AvgIpc) is 2.47. The van der Waals surface area contributed by atoms with E-state index in [1.54, 1.807) is 0 Å². The maximum absolute atomic E-state index is 10.3. The summed E-state index contributed by atoms with van der Waals surface area (Å²) in [5.74, 6) is -0.881. The molecule has 0 bridgehead atoms. The van der Waals surface area contributed by atoms with Crippen molar-refractivity contribution in [3.63, 3.8) is 0 Å². The van der Waals surface area contributed by atoms with Crippen LogP contribution in [-0.2, 0) is 4.79 Å². The van der Waals surface area contributed by atoms with Crippen molar-refractivity contribution in [3.8, 4) is 0 Å². The Hall–Kier alpha value is -0.650. The number of aliphatic carboxylic acids is 1. The lowest BCUT2D eigenvalue weighted by Crippen LogP contribution is -2.29. The molecule has 21 heavy (non-hydrogen) atoms. The zero-order valence-corrected chi connectivity index (χ0v) is 13.9. The molecule has 1 unspecified atom stereocenters. The first-order valence-electron chi connectivity index (χ1n) is 8.48. The van der Waals surface area contributed by atoms with Gasteiger partial charge in [-0.2, -0.15) is 0 Å². The molecule has 0 aliphatic heterocycles. The predicted molar refractivity (Wildman–Crippen MR) is 90.2 cm³/mol. The molecule has 0 rings (SSSR count). The summed E-state index contributed by atoms with van der Waals surface area (Å²) >= 11 is 0. The van der Waals surface area contributed by atoms with Gasteiger partial charge >= 0.3 is 5.97 Å². The Morgan fingerprint density at radius 2 is 1.29 bits per heavy atom. The van der Waals surface area contributed by atoms with Crippen LogP contribution in [0, 0.1) is 0 Å². The molecule has 7 N–H and O–H groups in total. The summed E-state index contributed by atoms with van der Waals surface area (Å²) in [6.07, 6.45) is 12.5. The van der Waals surface area contributed by atoms with Gasteiger partial charge in [-0.15, -0.1) is 0 Å². The fourth-order valence-electron chi connectivity index (χ4n) is 1.91. The number of carboxylic acids is 1.